The minimum atomic E-state index is 1.09. The van der Waals surface area contributed by atoms with E-state index >= 15 is 0 Å². The number of hydrogen-bond acceptors (Lipinski definition) is 1. The first-order chi connectivity index (χ1) is 10.3. The SMILES string of the molecule is Cc1c(Br)cccc1-c1ccccc1Nc1ccccc1. The van der Waals surface area contributed by atoms with Gasteiger partial charge in [0.2, 0.25) is 0 Å². The van der Waals surface area contributed by atoms with Gasteiger partial charge >= 0.3 is 0 Å². The van der Waals surface area contributed by atoms with Gasteiger partial charge in [-0.05, 0) is 42.3 Å². The fraction of sp³-hybridized carbons (Fsp3) is 0.0526. The number of hydrogen-bond donors (Lipinski definition) is 1. The fourth-order valence-electron chi connectivity index (χ4n) is 2.40. The smallest absolute Gasteiger partial charge is 0.0464 e. The van der Waals surface area contributed by atoms with Gasteiger partial charge in [0.05, 0.1) is 0 Å². The molecule has 0 spiro atoms. The van der Waals surface area contributed by atoms with E-state index in [1.807, 2.05) is 18.2 Å². The maximum absolute atomic E-state index is 3.61. The summed E-state index contributed by atoms with van der Waals surface area (Å²) in [6.07, 6.45) is 0. The predicted octanol–water partition coefficient (Wildman–Crippen LogP) is 6.17. The molecule has 0 amide bonds. The van der Waals surface area contributed by atoms with Gasteiger partial charge in [-0.1, -0.05) is 64.5 Å². The number of halogens is 1. The van der Waals surface area contributed by atoms with Crippen LogP contribution in [-0.4, -0.2) is 0 Å². The Bertz CT molecular complexity index is 751. The lowest BCUT2D eigenvalue weighted by Crippen LogP contribution is -1.94. The highest BCUT2D eigenvalue weighted by molar-refractivity contribution is 9.10. The summed E-state index contributed by atoms with van der Waals surface area (Å²) in [4.78, 5) is 0. The quantitative estimate of drug-likeness (QED) is 0.602. The molecule has 3 aromatic carbocycles. The first kappa shape index (κ1) is 13.9. The average Bonchev–Trinajstić information content (AvgIpc) is 2.52. The molecule has 0 unspecified atom stereocenters. The third kappa shape index (κ3) is 3.01. The van der Waals surface area contributed by atoms with Gasteiger partial charge in [-0.2, -0.15) is 0 Å². The summed E-state index contributed by atoms with van der Waals surface area (Å²) in [5, 5.41) is 3.50. The van der Waals surface area contributed by atoms with Crippen molar-refractivity contribution in [2.24, 2.45) is 0 Å². The van der Waals surface area contributed by atoms with Crippen molar-refractivity contribution in [1.82, 2.24) is 0 Å². The predicted molar refractivity (Wildman–Crippen MR) is 94.0 cm³/mol. The summed E-state index contributed by atoms with van der Waals surface area (Å²) in [6, 6.07) is 25.0. The average molecular weight is 338 g/mol. The largest absolute Gasteiger partial charge is 0.355 e. The minimum Gasteiger partial charge on any atom is -0.355 e. The summed E-state index contributed by atoms with van der Waals surface area (Å²) in [6.45, 7) is 2.14. The Morgan fingerprint density at radius 3 is 2.19 bits per heavy atom. The Kier molecular flexibility index (Phi) is 4.07. The van der Waals surface area contributed by atoms with Gasteiger partial charge in [-0.15, -0.1) is 0 Å². The Morgan fingerprint density at radius 1 is 0.714 bits per heavy atom. The topological polar surface area (TPSA) is 12.0 Å². The van der Waals surface area contributed by atoms with E-state index in [-0.39, 0.29) is 0 Å². The molecule has 104 valence electrons. The molecule has 0 aliphatic rings. The Balaban J connectivity index is 2.06. The van der Waals surface area contributed by atoms with Crippen LogP contribution in [0.2, 0.25) is 0 Å². The normalized spacial score (nSPS) is 10.4. The van der Waals surface area contributed by atoms with E-state index in [1.54, 1.807) is 0 Å². The van der Waals surface area contributed by atoms with Crippen LogP contribution < -0.4 is 5.32 Å². The number of nitrogens with one attached hydrogen (secondary N) is 1. The monoisotopic (exact) mass is 337 g/mol. The van der Waals surface area contributed by atoms with Gasteiger partial charge in [0.15, 0.2) is 0 Å². The molecule has 1 N–H and O–H groups in total. The second kappa shape index (κ2) is 6.15. The van der Waals surface area contributed by atoms with Crippen molar-refractivity contribution >= 4 is 27.3 Å². The fourth-order valence-corrected chi connectivity index (χ4v) is 2.77. The highest BCUT2D eigenvalue weighted by atomic mass is 79.9. The van der Waals surface area contributed by atoms with Gasteiger partial charge in [0.1, 0.15) is 0 Å². The van der Waals surface area contributed by atoms with Crippen molar-refractivity contribution < 1.29 is 0 Å². The zero-order valence-corrected chi connectivity index (χ0v) is 13.4. The summed E-state index contributed by atoms with van der Waals surface area (Å²) in [7, 11) is 0. The molecular weight excluding hydrogens is 322 g/mol. The Morgan fingerprint density at radius 2 is 1.38 bits per heavy atom. The second-order valence-corrected chi connectivity index (χ2v) is 5.80. The zero-order chi connectivity index (χ0) is 14.7. The van der Waals surface area contributed by atoms with Crippen LogP contribution in [0, 0.1) is 6.92 Å². The van der Waals surface area contributed by atoms with E-state index in [4.69, 9.17) is 0 Å². The van der Waals surface area contributed by atoms with Gasteiger partial charge in [-0.25, -0.2) is 0 Å². The molecule has 0 aliphatic carbocycles. The first-order valence-corrected chi connectivity index (χ1v) is 7.71. The Hall–Kier alpha value is -2.06. The standard InChI is InChI=1S/C19H16BrN/c1-14-16(11-7-12-18(14)20)17-10-5-6-13-19(17)21-15-8-3-2-4-9-15/h2-13,21H,1H3. The molecule has 0 saturated carbocycles. The second-order valence-electron chi connectivity index (χ2n) is 4.95. The molecule has 0 atom stereocenters. The van der Waals surface area contributed by atoms with E-state index in [0.717, 1.165) is 15.8 Å². The van der Waals surface area contributed by atoms with Crippen LogP contribution >= 0.6 is 15.9 Å². The Labute approximate surface area is 133 Å². The molecule has 0 heterocycles. The first-order valence-electron chi connectivity index (χ1n) is 6.92. The van der Waals surface area contributed by atoms with Crippen molar-refractivity contribution in [3.05, 3.63) is 82.8 Å². The van der Waals surface area contributed by atoms with Crippen molar-refractivity contribution in [1.29, 1.82) is 0 Å². The van der Waals surface area contributed by atoms with Crippen LogP contribution in [0.25, 0.3) is 11.1 Å². The number of anilines is 2. The van der Waals surface area contributed by atoms with Crippen LogP contribution in [-0.2, 0) is 0 Å². The van der Waals surface area contributed by atoms with Crippen LogP contribution in [0.4, 0.5) is 11.4 Å². The zero-order valence-electron chi connectivity index (χ0n) is 11.8. The molecule has 2 heteroatoms. The van der Waals surface area contributed by atoms with Crippen LogP contribution in [0.15, 0.2) is 77.3 Å². The van der Waals surface area contributed by atoms with Crippen LogP contribution in [0.1, 0.15) is 5.56 Å². The van der Waals surface area contributed by atoms with E-state index in [2.05, 4.69) is 82.8 Å². The number of benzene rings is 3. The van der Waals surface area contributed by atoms with E-state index in [0.29, 0.717) is 0 Å². The van der Waals surface area contributed by atoms with Crippen LogP contribution in [0.5, 0.6) is 0 Å². The lowest BCUT2D eigenvalue weighted by atomic mass is 9.99. The molecule has 0 saturated heterocycles. The van der Waals surface area contributed by atoms with Gasteiger partial charge in [0.25, 0.3) is 0 Å². The molecule has 3 aromatic rings. The minimum absolute atomic E-state index is 1.09. The highest BCUT2D eigenvalue weighted by Gasteiger charge is 2.09. The lowest BCUT2D eigenvalue weighted by molar-refractivity contribution is 1.42. The van der Waals surface area contributed by atoms with E-state index in [9.17, 15) is 0 Å². The third-order valence-corrected chi connectivity index (χ3v) is 4.40. The highest BCUT2D eigenvalue weighted by Crippen LogP contribution is 2.34. The molecule has 1 nitrogen and oxygen atoms in total. The van der Waals surface area contributed by atoms with Gasteiger partial charge in [-0.3, -0.25) is 0 Å². The van der Waals surface area contributed by atoms with Gasteiger partial charge < -0.3 is 5.32 Å². The van der Waals surface area contributed by atoms with E-state index < -0.39 is 0 Å². The summed E-state index contributed by atoms with van der Waals surface area (Å²) < 4.78 is 1.13. The maximum Gasteiger partial charge on any atom is 0.0464 e. The molecule has 0 bridgehead atoms. The number of rotatable bonds is 3. The summed E-state index contributed by atoms with van der Waals surface area (Å²) in [5.41, 5.74) is 5.91. The lowest BCUT2D eigenvalue weighted by Gasteiger charge is -2.14. The molecular formula is C19H16BrN. The summed E-state index contributed by atoms with van der Waals surface area (Å²) >= 11 is 3.61. The molecule has 21 heavy (non-hydrogen) atoms. The molecule has 0 fully saturated rings. The molecule has 0 aliphatic heterocycles. The maximum atomic E-state index is 3.61. The third-order valence-electron chi connectivity index (χ3n) is 3.54. The number of para-hydroxylation sites is 2. The van der Waals surface area contributed by atoms with Crippen LogP contribution in [0.3, 0.4) is 0 Å². The van der Waals surface area contributed by atoms with Crippen molar-refractivity contribution in [2.75, 3.05) is 5.32 Å². The summed E-state index contributed by atoms with van der Waals surface area (Å²) in [5.74, 6) is 0. The van der Waals surface area contributed by atoms with Crippen molar-refractivity contribution in [3.8, 4) is 11.1 Å². The molecule has 3 rings (SSSR count). The van der Waals surface area contributed by atoms with Crippen molar-refractivity contribution in [3.63, 3.8) is 0 Å². The molecule has 0 aromatic heterocycles. The molecule has 0 radical (unpaired) electrons. The van der Waals surface area contributed by atoms with Gasteiger partial charge in [0, 0.05) is 21.4 Å². The van der Waals surface area contributed by atoms with E-state index in [1.165, 1.54) is 16.7 Å². The van der Waals surface area contributed by atoms with Crippen molar-refractivity contribution in [2.45, 2.75) is 6.92 Å².